The highest BCUT2D eigenvalue weighted by Gasteiger charge is 2.15. The second-order valence-electron chi connectivity index (χ2n) is 5.21. The summed E-state index contributed by atoms with van der Waals surface area (Å²) in [7, 11) is 1.59. The lowest BCUT2D eigenvalue weighted by Gasteiger charge is -2.24. The SMILES string of the molecule is COc1cccc2c(=O)n(CC3CCCCN3)cnc12. The Labute approximate surface area is 117 Å². The molecule has 0 saturated carbocycles. The molecule has 2 aromatic rings. The number of para-hydroxylation sites is 1. The van der Waals surface area contributed by atoms with Crippen molar-refractivity contribution in [2.24, 2.45) is 0 Å². The topological polar surface area (TPSA) is 56.1 Å². The Morgan fingerprint density at radius 1 is 1.45 bits per heavy atom. The van der Waals surface area contributed by atoms with Crippen LogP contribution in [0.1, 0.15) is 19.3 Å². The maximum Gasteiger partial charge on any atom is 0.261 e. The maximum atomic E-state index is 12.5. The molecule has 2 heterocycles. The number of benzene rings is 1. The molecule has 1 unspecified atom stereocenters. The normalized spacial score (nSPS) is 19.1. The standard InChI is InChI=1S/C15H19N3O2/c1-20-13-7-4-6-12-14(13)17-10-18(15(12)19)9-11-5-2-3-8-16-11/h4,6-7,10-11,16H,2-3,5,8-9H2,1H3. The quantitative estimate of drug-likeness (QED) is 0.922. The Kier molecular flexibility index (Phi) is 3.69. The van der Waals surface area contributed by atoms with Crippen LogP contribution < -0.4 is 15.6 Å². The Morgan fingerprint density at radius 2 is 2.35 bits per heavy atom. The van der Waals surface area contributed by atoms with Crippen molar-refractivity contribution < 1.29 is 4.74 Å². The number of aromatic nitrogens is 2. The third-order valence-corrected chi connectivity index (χ3v) is 3.87. The molecule has 1 aliphatic rings. The zero-order valence-electron chi connectivity index (χ0n) is 11.6. The lowest BCUT2D eigenvalue weighted by molar-refractivity contribution is 0.359. The van der Waals surface area contributed by atoms with Gasteiger partial charge < -0.3 is 10.1 Å². The molecule has 5 heteroatoms. The van der Waals surface area contributed by atoms with Crippen LogP contribution in [0.5, 0.6) is 5.75 Å². The molecule has 1 fully saturated rings. The van der Waals surface area contributed by atoms with E-state index in [2.05, 4.69) is 10.3 Å². The van der Waals surface area contributed by atoms with Gasteiger partial charge in [-0.05, 0) is 31.5 Å². The summed E-state index contributed by atoms with van der Waals surface area (Å²) in [4.78, 5) is 16.9. The first-order chi connectivity index (χ1) is 9.79. The summed E-state index contributed by atoms with van der Waals surface area (Å²) in [6.45, 7) is 1.72. The predicted molar refractivity (Wildman–Crippen MR) is 78.2 cm³/mol. The van der Waals surface area contributed by atoms with Crippen molar-refractivity contribution >= 4 is 10.9 Å². The van der Waals surface area contributed by atoms with Crippen LogP contribution in [-0.4, -0.2) is 29.2 Å². The predicted octanol–water partition coefficient (Wildman–Crippen LogP) is 1.55. The minimum absolute atomic E-state index is 0.00118. The zero-order valence-corrected chi connectivity index (χ0v) is 11.6. The van der Waals surface area contributed by atoms with Gasteiger partial charge >= 0.3 is 0 Å². The summed E-state index contributed by atoms with van der Waals surface area (Å²) < 4.78 is 6.95. The number of hydrogen-bond acceptors (Lipinski definition) is 4. The van der Waals surface area contributed by atoms with Gasteiger partial charge in [-0.3, -0.25) is 9.36 Å². The number of ether oxygens (including phenoxy) is 1. The average Bonchev–Trinajstić information content (AvgIpc) is 2.51. The van der Waals surface area contributed by atoms with Gasteiger partial charge in [0.1, 0.15) is 11.3 Å². The fourth-order valence-corrected chi connectivity index (χ4v) is 2.77. The third kappa shape index (κ3) is 2.41. The van der Waals surface area contributed by atoms with Crippen molar-refractivity contribution in [3.8, 4) is 5.75 Å². The fraction of sp³-hybridized carbons (Fsp3) is 0.467. The molecule has 106 valence electrons. The molecular formula is C15H19N3O2. The van der Waals surface area contributed by atoms with Gasteiger partial charge in [0.05, 0.1) is 18.8 Å². The van der Waals surface area contributed by atoms with E-state index in [1.807, 2.05) is 12.1 Å². The van der Waals surface area contributed by atoms with Gasteiger partial charge in [0.15, 0.2) is 0 Å². The molecule has 1 aromatic carbocycles. The van der Waals surface area contributed by atoms with Crippen LogP contribution in [0.15, 0.2) is 29.3 Å². The number of nitrogens with one attached hydrogen (secondary N) is 1. The summed E-state index contributed by atoms with van der Waals surface area (Å²) in [6, 6.07) is 5.82. The largest absolute Gasteiger partial charge is 0.494 e. The van der Waals surface area contributed by atoms with Crippen molar-refractivity contribution in [3.05, 3.63) is 34.9 Å². The molecule has 3 rings (SSSR count). The van der Waals surface area contributed by atoms with E-state index in [9.17, 15) is 4.79 Å². The molecule has 0 bridgehead atoms. The van der Waals surface area contributed by atoms with Gasteiger partial charge in [-0.25, -0.2) is 4.98 Å². The highest BCUT2D eigenvalue weighted by molar-refractivity contribution is 5.83. The first-order valence-corrected chi connectivity index (χ1v) is 7.05. The number of nitrogens with zero attached hydrogens (tertiary/aromatic N) is 2. The van der Waals surface area contributed by atoms with E-state index in [0.29, 0.717) is 29.2 Å². The van der Waals surface area contributed by atoms with Gasteiger partial charge in [-0.2, -0.15) is 0 Å². The maximum absolute atomic E-state index is 12.5. The van der Waals surface area contributed by atoms with Gasteiger partial charge in [-0.1, -0.05) is 12.5 Å². The van der Waals surface area contributed by atoms with Gasteiger partial charge in [0.25, 0.3) is 5.56 Å². The summed E-state index contributed by atoms with van der Waals surface area (Å²) >= 11 is 0. The molecule has 0 amide bonds. The van der Waals surface area contributed by atoms with Crippen molar-refractivity contribution in [1.29, 1.82) is 0 Å². The fourth-order valence-electron chi connectivity index (χ4n) is 2.77. The Hall–Kier alpha value is -1.88. The van der Waals surface area contributed by atoms with Gasteiger partial charge in [-0.15, -0.1) is 0 Å². The second-order valence-corrected chi connectivity index (χ2v) is 5.21. The molecule has 0 radical (unpaired) electrons. The van der Waals surface area contributed by atoms with E-state index in [-0.39, 0.29) is 5.56 Å². The lowest BCUT2D eigenvalue weighted by Crippen LogP contribution is -2.39. The van der Waals surface area contributed by atoms with E-state index in [1.165, 1.54) is 12.8 Å². The van der Waals surface area contributed by atoms with Crippen molar-refractivity contribution in [2.45, 2.75) is 31.8 Å². The summed E-state index contributed by atoms with van der Waals surface area (Å²) in [5, 5.41) is 4.07. The van der Waals surface area contributed by atoms with E-state index in [4.69, 9.17) is 4.74 Å². The highest BCUT2D eigenvalue weighted by atomic mass is 16.5. The Bertz CT molecular complexity index is 660. The van der Waals surface area contributed by atoms with E-state index in [1.54, 1.807) is 24.1 Å². The van der Waals surface area contributed by atoms with Crippen LogP contribution in [-0.2, 0) is 6.54 Å². The Morgan fingerprint density at radius 3 is 3.10 bits per heavy atom. The Balaban J connectivity index is 1.96. The monoisotopic (exact) mass is 273 g/mol. The average molecular weight is 273 g/mol. The first kappa shape index (κ1) is 13.1. The minimum Gasteiger partial charge on any atom is -0.494 e. The molecular weight excluding hydrogens is 254 g/mol. The lowest BCUT2D eigenvalue weighted by atomic mass is 10.1. The number of piperidine rings is 1. The van der Waals surface area contributed by atoms with Crippen molar-refractivity contribution in [2.75, 3.05) is 13.7 Å². The zero-order chi connectivity index (χ0) is 13.9. The number of rotatable bonds is 3. The summed E-state index contributed by atoms with van der Waals surface area (Å²) in [6.07, 6.45) is 5.19. The number of methoxy groups -OCH3 is 1. The van der Waals surface area contributed by atoms with Crippen LogP contribution in [0.2, 0.25) is 0 Å². The summed E-state index contributed by atoms with van der Waals surface area (Å²) in [5.74, 6) is 0.641. The molecule has 1 N–H and O–H groups in total. The van der Waals surface area contributed by atoms with E-state index < -0.39 is 0 Å². The molecule has 20 heavy (non-hydrogen) atoms. The molecule has 5 nitrogen and oxygen atoms in total. The van der Waals surface area contributed by atoms with Crippen LogP contribution in [0.3, 0.4) is 0 Å². The minimum atomic E-state index is 0.00118. The van der Waals surface area contributed by atoms with Gasteiger partial charge in [0.2, 0.25) is 0 Å². The van der Waals surface area contributed by atoms with Crippen LogP contribution in [0.4, 0.5) is 0 Å². The highest BCUT2D eigenvalue weighted by Crippen LogP contribution is 2.20. The van der Waals surface area contributed by atoms with Crippen LogP contribution in [0, 0.1) is 0 Å². The summed E-state index contributed by atoms with van der Waals surface area (Å²) in [5.41, 5.74) is 0.633. The van der Waals surface area contributed by atoms with Gasteiger partial charge in [0, 0.05) is 12.6 Å². The molecule has 1 saturated heterocycles. The smallest absolute Gasteiger partial charge is 0.261 e. The molecule has 1 atom stereocenters. The van der Waals surface area contributed by atoms with Crippen molar-refractivity contribution in [3.63, 3.8) is 0 Å². The molecule has 0 spiro atoms. The van der Waals surface area contributed by atoms with E-state index in [0.717, 1.165) is 13.0 Å². The van der Waals surface area contributed by atoms with E-state index >= 15 is 0 Å². The first-order valence-electron chi connectivity index (χ1n) is 7.05. The van der Waals surface area contributed by atoms with Crippen LogP contribution in [0.25, 0.3) is 10.9 Å². The molecule has 0 aliphatic carbocycles. The van der Waals surface area contributed by atoms with Crippen molar-refractivity contribution in [1.82, 2.24) is 14.9 Å². The number of fused-ring (bicyclic) bond motifs is 1. The third-order valence-electron chi connectivity index (χ3n) is 3.87. The molecule has 1 aliphatic heterocycles. The second kappa shape index (κ2) is 5.63. The van der Waals surface area contributed by atoms with Crippen LogP contribution >= 0.6 is 0 Å². The number of hydrogen-bond donors (Lipinski definition) is 1. The molecule has 1 aromatic heterocycles.